The zero-order valence-electron chi connectivity index (χ0n) is 6.74. The van der Waals surface area contributed by atoms with Gasteiger partial charge in [0, 0.05) is 16.5 Å². The van der Waals surface area contributed by atoms with E-state index in [-0.39, 0.29) is 11.8 Å². The van der Waals surface area contributed by atoms with E-state index in [0.29, 0.717) is 5.56 Å². The highest BCUT2D eigenvalue weighted by atomic mass is 79.9. The van der Waals surface area contributed by atoms with E-state index in [2.05, 4.69) is 21.2 Å². The lowest BCUT2D eigenvalue weighted by Crippen LogP contribution is -2.20. The molecule has 0 aromatic carbocycles. The summed E-state index contributed by atoms with van der Waals surface area (Å²) < 4.78 is 5.77. The minimum Gasteiger partial charge on any atom is -0.435 e. The maximum Gasteiger partial charge on any atom is 0.408 e. The second kappa shape index (κ2) is 2.58. The molecule has 1 aromatic rings. The van der Waals surface area contributed by atoms with Crippen LogP contribution in [0.3, 0.4) is 0 Å². The average Bonchev–Trinajstić information content (AvgIpc) is 2.72. The summed E-state index contributed by atoms with van der Waals surface area (Å²) in [5.74, 6) is -0.106. The zero-order chi connectivity index (χ0) is 9.87. The fraction of sp³-hybridized carbons (Fsp3) is 0.250. The van der Waals surface area contributed by atoms with Crippen LogP contribution in [-0.4, -0.2) is 18.0 Å². The van der Waals surface area contributed by atoms with Gasteiger partial charge >= 0.3 is 6.09 Å². The third kappa shape index (κ3) is 0.873. The summed E-state index contributed by atoms with van der Waals surface area (Å²) in [4.78, 5) is 22.7. The van der Waals surface area contributed by atoms with Crippen LogP contribution < -0.4 is 5.32 Å². The normalized spacial score (nSPS) is 28.4. The van der Waals surface area contributed by atoms with Gasteiger partial charge in [-0.25, -0.2) is 4.79 Å². The van der Waals surface area contributed by atoms with Crippen molar-refractivity contribution in [2.45, 2.75) is 12.1 Å². The molecule has 4 nitrogen and oxygen atoms in total. The van der Waals surface area contributed by atoms with Crippen LogP contribution in [0.4, 0.5) is 4.79 Å². The number of ether oxygens (including phenoxy) is 1. The zero-order valence-corrected chi connectivity index (χ0v) is 9.15. The Kier molecular flexibility index (Phi) is 1.55. The van der Waals surface area contributed by atoms with Gasteiger partial charge in [-0.2, -0.15) is 0 Å². The minimum absolute atomic E-state index is 0.106. The molecule has 3 rings (SSSR count). The third-order valence-corrected chi connectivity index (χ3v) is 4.20. The highest BCUT2D eigenvalue weighted by Crippen LogP contribution is 2.43. The summed E-state index contributed by atoms with van der Waals surface area (Å²) in [5.41, 5.74) is 1.52. The molecule has 0 bridgehead atoms. The second-order valence-corrected chi connectivity index (χ2v) is 5.35. The van der Waals surface area contributed by atoms with Crippen molar-refractivity contribution < 1.29 is 14.3 Å². The second-order valence-electron chi connectivity index (χ2n) is 3.15. The quantitative estimate of drug-likeness (QED) is 0.785. The number of hydrogen-bond acceptors (Lipinski definition) is 4. The molecule has 14 heavy (non-hydrogen) atoms. The first-order chi connectivity index (χ1) is 6.68. The molecule has 1 aliphatic heterocycles. The highest BCUT2D eigenvalue weighted by molar-refractivity contribution is 9.11. The summed E-state index contributed by atoms with van der Waals surface area (Å²) in [6.07, 6.45) is -1.17. The van der Waals surface area contributed by atoms with Crippen LogP contribution in [0.2, 0.25) is 0 Å². The van der Waals surface area contributed by atoms with Crippen LogP contribution in [0.1, 0.15) is 22.0 Å². The molecule has 2 heterocycles. The fourth-order valence-corrected chi connectivity index (χ4v) is 3.39. The summed E-state index contributed by atoms with van der Waals surface area (Å²) in [5, 5.41) is 4.41. The fourth-order valence-electron chi connectivity index (χ4n) is 1.83. The molecule has 0 radical (unpaired) electrons. The molecular formula is C8H4BrNO3S. The van der Waals surface area contributed by atoms with Crippen molar-refractivity contribution in [2.24, 2.45) is 0 Å². The highest BCUT2D eigenvalue weighted by Gasteiger charge is 2.49. The van der Waals surface area contributed by atoms with Crippen LogP contribution in [-0.2, 0) is 4.74 Å². The van der Waals surface area contributed by atoms with Crippen molar-refractivity contribution in [2.75, 3.05) is 0 Å². The molecule has 1 N–H and O–H groups in total. The molecule has 1 saturated heterocycles. The first-order valence-corrected chi connectivity index (χ1v) is 5.64. The third-order valence-electron chi connectivity index (χ3n) is 2.43. The molecule has 1 fully saturated rings. The molecular weight excluding hydrogens is 270 g/mol. The predicted molar refractivity (Wildman–Crippen MR) is 52.5 cm³/mol. The van der Waals surface area contributed by atoms with E-state index in [0.717, 1.165) is 9.35 Å². The number of alkyl carbamates (subject to hydrolysis) is 1. The number of amides is 1. The SMILES string of the molecule is O=C1N[C@@H]2c3c(csc3Br)C(=O)[C@@H]2O1. The van der Waals surface area contributed by atoms with Gasteiger partial charge in [0.25, 0.3) is 0 Å². The number of hydrogen-bond donors (Lipinski definition) is 1. The lowest BCUT2D eigenvalue weighted by atomic mass is 10.2. The van der Waals surface area contributed by atoms with Crippen LogP contribution in [0, 0.1) is 0 Å². The number of thiophene rings is 1. The number of ketones is 1. The molecule has 2 atom stereocenters. The maximum atomic E-state index is 11.7. The van der Waals surface area contributed by atoms with Gasteiger partial charge in [0.1, 0.15) is 6.04 Å². The van der Waals surface area contributed by atoms with E-state index < -0.39 is 12.2 Å². The van der Waals surface area contributed by atoms with E-state index in [1.807, 2.05) is 0 Å². The smallest absolute Gasteiger partial charge is 0.408 e. The maximum absolute atomic E-state index is 11.7. The van der Waals surface area contributed by atoms with E-state index >= 15 is 0 Å². The molecule has 72 valence electrons. The van der Waals surface area contributed by atoms with Crippen molar-refractivity contribution in [1.29, 1.82) is 0 Å². The summed E-state index contributed by atoms with van der Waals surface area (Å²) in [6.45, 7) is 0. The van der Waals surface area contributed by atoms with Crippen LogP contribution in [0.15, 0.2) is 9.17 Å². The Morgan fingerprint density at radius 3 is 3.07 bits per heavy atom. The van der Waals surface area contributed by atoms with Crippen molar-refractivity contribution in [3.8, 4) is 0 Å². The molecule has 1 amide bonds. The largest absolute Gasteiger partial charge is 0.435 e. The summed E-state index contributed by atoms with van der Waals surface area (Å²) >= 11 is 4.81. The molecule has 0 saturated carbocycles. The Hall–Kier alpha value is -0.880. The Labute approximate surface area is 91.4 Å². The topological polar surface area (TPSA) is 55.4 Å². The summed E-state index contributed by atoms with van der Waals surface area (Å²) in [7, 11) is 0. The number of rotatable bonds is 0. The van der Waals surface area contributed by atoms with E-state index in [9.17, 15) is 9.59 Å². The summed E-state index contributed by atoms with van der Waals surface area (Å²) in [6, 6.07) is -0.300. The number of Topliss-reactive ketones (excluding diaryl/α,β-unsaturated/α-hetero) is 1. The molecule has 2 aliphatic rings. The average molecular weight is 274 g/mol. The van der Waals surface area contributed by atoms with E-state index in [1.165, 1.54) is 11.3 Å². The first-order valence-electron chi connectivity index (χ1n) is 3.96. The molecule has 0 spiro atoms. The van der Waals surface area contributed by atoms with Crippen molar-refractivity contribution in [3.05, 3.63) is 20.3 Å². The number of carbonyl (C=O) groups excluding carboxylic acids is 2. The predicted octanol–water partition coefficient (Wildman–Crippen LogP) is 1.86. The van der Waals surface area contributed by atoms with Crippen molar-refractivity contribution in [1.82, 2.24) is 5.32 Å². The van der Waals surface area contributed by atoms with Gasteiger partial charge in [0.15, 0.2) is 6.10 Å². The molecule has 1 aliphatic carbocycles. The Morgan fingerprint density at radius 2 is 2.29 bits per heavy atom. The van der Waals surface area contributed by atoms with Crippen LogP contribution >= 0.6 is 27.3 Å². The van der Waals surface area contributed by atoms with Gasteiger partial charge in [-0.3, -0.25) is 4.79 Å². The minimum atomic E-state index is -0.655. The van der Waals surface area contributed by atoms with Crippen molar-refractivity contribution >= 4 is 39.1 Å². The van der Waals surface area contributed by atoms with E-state index in [4.69, 9.17) is 4.74 Å². The Morgan fingerprint density at radius 1 is 1.50 bits per heavy atom. The molecule has 0 unspecified atom stereocenters. The van der Waals surface area contributed by atoms with Gasteiger partial charge in [-0.15, -0.1) is 11.3 Å². The lowest BCUT2D eigenvalue weighted by Gasteiger charge is -2.04. The van der Waals surface area contributed by atoms with Crippen LogP contribution in [0.5, 0.6) is 0 Å². The molecule has 6 heteroatoms. The van der Waals surface area contributed by atoms with Crippen molar-refractivity contribution in [3.63, 3.8) is 0 Å². The monoisotopic (exact) mass is 273 g/mol. The van der Waals surface area contributed by atoms with Gasteiger partial charge in [0.2, 0.25) is 5.78 Å². The van der Waals surface area contributed by atoms with Gasteiger partial charge < -0.3 is 10.1 Å². The van der Waals surface area contributed by atoms with Gasteiger partial charge in [-0.1, -0.05) is 0 Å². The number of halogens is 1. The Balaban J connectivity index is 2.18. The number of fused-ring (bicyclic) bond motifs is 3. The van der Waals surface area contributed by atoms with Gasteiger partial charge in [-0.05, 0) is 15.9 Å². The standard InChI is InChI=1S/C8H4BrNO3S/c9-7-3-2(1-14-7)5(11)6-4(3)10-8(12)13-6/h1,4,6H,(H,10,12)/t4-,6-/m1/s1. The first kappa shape index (κ1) is 8.43. The van der Waals surface area contributed by atoms with E-state index in [1.54, 1.807) is 5.38 Å². The Bertz CT molecular complexity index is 455. The number of nitrogens with one attached hydrogen (secondary N) is 1. The van der Waals surface area contributed by atoms with Gasteiger partial charge in [0.05, 0.1) is 3.79 Å². The van der Waals surface area contributed by atoms with Crippen LogP contribution in [0.25, 0.3) is 0 Å². The number of carbonyl (C=O) groups is 2. The lowest BCUT2D eigenvalue weighted by molar-refractivity contribution is 0.0753. The molecule has 1 aromatic heterocycles.